The van der Waals surface area contributed by atoms with Gasteiger partial charge in [0.15, 0.2) is 5.76 Å². The summed E-state index contributed by atoms with van der Waals surface area (Å²) in [4.78, 5) is 37.4. The first kappa shape index (κ1) is 30.1. The summed E-state index contributed by atoms with van der Waals surface area (Å²) in [5, 5.41) is 15.1. The van der Waals surface area contributed by atoms with Crippen LogP contribution in [0.2, 0.25) is 0 Å². The molecule has 0 aliphatic carbocycles. The average molecular weight is 550 g/mol. The third kappa shape index (κ3) is 9.68. The van der Waals surface area contributed by atoms with Crippen LogP contribution in [0.5, 0.6) is 0 Å². The summed E-state index contributed by atoms with van der Waals surface area (Å²) in [7, 11) is 0. The maximum atomic E-state index is 12.8. The van der Waals surface area contributed by atoms with Crippen molar-refractivity contribution in [3.05, 3.63) is 77.2 Å². The van der Waals surface area contributed by atoms with E-state index in [4.69, 9.17) is 9.15 Å². The molecule has 2 aromatic carbocycles. The summed E-state index contributed by atoms with van der Waals surface area (Å²) >= 11 is 0. The molecule has 0 unspecified atom stereocenters. The molecule has 214 valence electrons. The highest BCUT2D eigenvalue weighted by molar-refractivity contribution is 6.05. The number of carbonyl (C=O) groups excluding carboxylic acids is 3. The molecule has 3 rings (SSSR count). The van der Waals surface area contributed by atoms with Gasteiger partial charge in [-0.05, 0) is 83.0 Å². The van der Waals surface area contributed by atoms with Crippen LogP contribution >= 0.6 is 0 Å². The highest BCUT2D eigenvalue weighted by atomic mass is 16.6. The largest absolute Gasteiger partial charge is 0.456 e. The molecule has 1 aromatic heterocycles. The first-order chi connectivity index (χ1) is 19.0. The van der Waals surface area contributed by atoms with Gasteiger partial charge in [0.05, 0.1) is 11.4 Å². The van der Waals surface area contributed by atoms with Crippen LogP contribution in [0, 0.1) is 13.8 Å². The number of anilines is 3. The molecule has 0 saturated carbocycles. The van der Waals surface area contributed by atoms with Crippen molar-refractivity contribution >= 4 is 35.0 Å². The van der Waals surface area contributed by atoms with Crippen molar-refractivity contribution in [2.45, 2.75) is 46.6 Å². The molecule has 0 aliphatic heterocycles. The van der Waals surface area contributed by atoms with Gasteiger partial charge < -0.3 is 35.7 Å². The molecular weight excluding hydrogens is 510 g/mol. The minimum Gasteiger partial charge on any atom is -0.456 e. The van der Waals surface area contributed by atoms with Crippen molar-refractivity contribution in [1.82, 2.24) is 10.6 Å². The molecule has 3 aromatic rings. The maximum absolute atomic E-state index is 12.8. The second kappa shape index (κ2) is 14.1. The Kier molecular flexibility index (Phi) is 10.6. The molecule has 5 N–H and O–H groups in total. The molecule has 40 heavy (non-hydrogen) atoms. The SMILES string of the molecule is Cc1ccc(C(=O)Nc2cc(C(=O)NCCCNC(=O)OC(C)(C)C)ccc2NCCNc2ccccc2C)o1. The van der Waals surface area contributed by atoms with Crippen LogP contribution in [0.15, 0.2) is 59.0 Å². The fourth-order valence-corrected chi connectivity index (χ4v) is 3.75. The summed E-state index contributed by atoms with van der Waals surface area (Å²) in [5.41, 5.74) is 3.14. The van der Waals surface area contributed by atoms with Gasteiger partial charge in [-0.2, -0.15) is 0 Å². The number of furan rings is 1. The van der Waals surface area contributed by atoms with Crippen LogP contribution in [-0.4, -0.2) is 49.7 Å². The number of nitrogens with one attached hydrogen (secondary N) is 5. The number of hydrogen-bond acceptors (Lipinski definition) is 7. The lowest BCUT2D eigenvalue weighted by Crippen LogP contribution is -2.34. The fraction of sp³-hybridized carbons (Fsp3) is 0.367. The number of hydrogen-bond donors (Lipinski definition) is 5. The third-order valence-electron chi connectivity index (χ3n) is 5.70. The predicted molar refractivity (Wildman–Crippen MR) is 157 cm³/mol. The quantitative estimate of drug-likeness (QED) is 0.193. The molecule has 0 radical (unpaired) electrons. The Morgan fingerprint density at radius 3 is 2.15 bits per heavy atom. The normalized spacial score (nSPS) is 10.9. The van der Waals surface area contributed by atoms with Gasteiger partial charge in [-0.15, -0.1) is 0 Å². The maximum Gasteiger partial charge on any atom is 0.407 e. The second-order valence-corrected chi connectivity index (χ2v) is 10.3. The van der Waals surface area contributed by atoms with E-state index in [9.17, 15) is 14.4 Å². The van der Waals surface area contributed by atoms with Crippen molar-refractivity contribution in [3.8, 4) is 0 Å². The van der Waals surface area contributed by atoms with Crippen molar-refractivity contribution < 1.29 is 23.5 Å². The lowest BCUT2D eigenvalue weighted by molar-refractivity contribution is 0.0527. The van der Waals surface area contributed by atoms with E-state index in [-0.39, 0.29) is 11.7 Å². The molecule has 0 bridgehead atoms. The predicted octanol–water partition coefficient (Wildman–Crippen LogP) is 5.32. The number of carbonyl (C=O) groups is 3. The van der Waals surface area contributed by atoms with Crippen LogP contribution < -0.4 is 26.6 Å². The van der Waals surface area contributed by atoms with Crippen LogP contribution in [0.4, 0.5) is 21.9 Å². The third-order valence-corrected chi connectivity index (χ3v) is 5.70. The molecule has 1 heterocycles. The number of benzene rings is 2. The number of alkyl carbamates (subject to hydrolysis) is 1. The summed E-state index contributed by atoms with van der Waals surface area (Å²) in [6.07, 6.45) is 0.0306. The first-order valence-corrected chi connectivity index (χ1v) is 13.3. The summed E-state index contributed by atoms with van der Waals surface area (Å²) in [6, 6.07) is 16.4. The fourth-order valence-electron chi connectivity index (χ4n) is 3.75. The number of amides is 3. The second-order valence-electron chi connectivity index (χ2n) is 10.3. The Morgan fingerprint density at radius 1 is 0.775 bits per heavy atom. The minimum atomic E-state index is -0.570. The van der Waals surface area contributed by atoms with Crippen LogP contribution in [0.25, 0.3) is 0 Å². The monoisotopic (exact) mass is 549 g/mol. The molecule has 10 heteroatoms. The zero-order valence-corrected chi connectivity index (χ0v) is 23.8. The van der Waals surface area contributed by atoms with Gasteiger partial charge in [-0.3, -0.25) is 9.59 Å². The molecule has 0 fully saturated rings. The van der Waals surface area contributed by atoms with Gasteiger partial charge >= 0.3 is 6.09 Å². The number of para-hydroxylation sites is 1. The molecule has 0 atom stereocenters. The van der Waals surface area contributed by atoms with Gasteiger partial charge in [0.25, 0.3) is 11.8 Å². The topological polar surface area (TPSA) is 134 Å². The van der Waals surface area contributed by atoms with E-state index in [1.54, 1.807) is 58.0 Å². The summed E-state index contributed by atoms with van der Waals surface area (Å²) in [6.45, 7) is 11.1. The van der Waals surface area contributed by atoms with E-state index in [1.807, 2.05) is 31.2 Å². The number of rotatable bonds is 12. The molecular formula is C30H39N5O5. The van der Waals surface area contributed by atoms with E-state index in [0.29, 0.717) is 55.3 Å². The van der Waals surface area contributed by atoms with Gasteiger partial charge in [0.1, 0.15) is 11.4 Å². The Balaban J connectivity index is 1.60. The molecule has 0 saturated heterocycles. The summed E-state index contributed by atoms with van der Waals surface area (Å²) < 4.78 is 10.7. The zero-order valence-electron chi connectivity index (χ0n) is 23.8. The van der Waals surface area contributed by atoms with Crippen molar-refractivity contribution in [2.75, 3.05) is 42.1 Å². The van der Waals surface area contributed by atoms with E-state index in [0.717, 1.165) is 11.3 Å². The number of aryl methyl sites for hydroxylation is 2. The van der Waals surface area contributed by atoms with E-state index >= 15 is 0 Å². The van der Waals surface area contributed by atoms with Crippen molar-refractivity contribution in [1.29, 1.82) is 0 Å². The number of ether oxygens (including phenoxy) is 1. The molecule has 0 spiro atoms. The van der Waals surface area contributed by atoms with Gasteiger partial charge in [-0.1, -0.05) is 18.2 Å². The average Bonchev–Trinajstić information content (AvgIpc) is 3.33. The van der Waals surface area contributed by atoms with Crippen molar-refractivity contribution in [3.63, 3.8) is 0 Å². The summed E-state index contributed by atoms with van der Waals surface area (Å²) in [5.74, 6) is 0.0893. The molecule has 3 amide bonds. The standard InChI is InChI=1S/C30H39N5O5/c1-20-9-6-7-10-23(20)31-17-18-32-24-13-12-22(19-25(24)35-28(37)26-14-11-21(2)39-26)27(36)33-15-8-16-34-29(38)40-30(3,4)5/h6-7,9-14,19,31-32H,8,15-18H2,1-5H3,(H,33,36)(H,34,38)(H,35,37). The minimum absolute atomic E-state index is 0.178. The van der Waals surface area contributed by atoms with E-state index in [1.165, 1.54) is 0 Å². The lowest BCUT2D eigenvalue weighted by atomic mass is 10.1. The Hall–Kier alpha value is -4.47. The smallest absolute Gasteiger partial charge is 0.407 e. The van der Waals surface area contributed by atoms with Crippen LogP contribution in [-0.2, 0) is 4.74 Å². The van der Waals surface area contributed by atoms with Gasteiger partial charge in [-0.25, -0.2) is 4.79 Å². The van der Waals surface area contributed by atoms with Crippen molar-refractivity contribution in [2.24, 2.45) is 0 Å². The Bertz CT molecular complexity index is 1310. The van der Waals surface area contributed by atoms with Crippen LogP contribution in [0.1, 0.15) is 59.4 Å². The van der Waals surface area contributed by atoms with E-state index in [2.05, 4.69) is 26.6 Å². The lowest BCUT2D eigenvalue weighted by Gasteiger charge is -2.19. The molecule has 0 aliphatic rings. The highest BCUT2D eigenvalue weighted by Gasteiger charge is 2.17. The molecule has 10 nitrogen and oxygen atoms in total. The van der Waals surface area contributed by atoms with E-state index < -0.39 is 17.6 Å². The Morgan fingerprint density at radius 2 is 1.48 bits per heavy atom. The van der Waals surface area contributed by atoms with Gasteiger partial charge in [0.2, 0.25) is 0 Å². The van der Waals surface area contributed by atoms with Gasteiger partial charge in [0, 0.05) is 37.4 Å². The Labute approximate surface area is 235 Å². The highest BCUT2D eigenvalue weighted by Crippen LogP contribution is 2.25. The van der Waals surface area contributed by atoms with Crippen LogP contribution in [0.3, 0.4) is 0 Å². The zero-order chi connectivity index (χ0) is 29.1. The first-order valence-electron chi connectivity index (χ1n) is 13.3.